The molecular weight excluding hydrogens is 350 g/mol. The molecule has 0 aliphatic heterocycles. The minimum atomic E-state index is -0.0382. The van der Waals surface area contributed by atoms with Crippen molar-refractivity contribution in [1.29, 1.82) is 0 Å². The van der Waals surface area contributed by atoms with Gasteiger partial charge in [0.05, 0.1) is 27.8 Å². The lowest BCUT2D eigenvalue weighted by atomic mass is 10.1. The molecule has 0 saturated heterocycles. The Bertz CT molecular complexity index is 706. The maximum Gasteiger partial charge on any atom is 0.224 e. The largest absolute Gasteiger partial charge is 0.493 e. The van der Waals surface area contributed by atoms with Crippen LogP contribution in [0.5, 0.6) is 17.2 Å². The molecule has 0 radical (unpaired) electrons. The van der Waals surface area contributed by atoms with Gasteiger partial charge in [0.1, 0.15) is 0 Å². The van der Waals surface area contributed by atoms with Crippen LogP contribution in [0.1, 0.15) is 11.1 Å². The second kappa shape index (κ2) is 9.97. The van der Waals surface area contributed by atoms with Gasteiger partial charge in [-0.2, -0.15) is 0 Å². The van der Waals surface area contributed by atoms with Crippen LogP contribution in [0.25, 0.3) is 0 Å². The number of hydrogen-bond donors (Lipinski definition) is 1. The number of benzene rings is 2. The Balaban J connectivity index is 1.86. The summed E-state index contributed by atoms with van der Waals surface area (Å²) in [6.07, 6.45) is 0.256. The highest BCUT2D eigenvalue weighted by molar-refractivity contribution is 7.99. The van der Waals surface area contributed by atoms with E-state index in [2.05, 4.69) is 36.5 Å². The minimum Gasteiger partial charge on any atom is -0.493 e. The molecule has 0 saturated carbocycles. The molecule has 2 aromatic rings. The third-order valence-corrected chi connectivity index (χ3v) is 4.82. The van der Waals surface area contributed by atoms with Crippen molar-refractivity contribution in [2.45, 2.75) is 18.2 Å². The fourth-order valence-corrected chi connectivity index (χ4v) is 3.25. The first-order valence-electron chi connectivity index (χ1n) is 8.32. The highest BCUT2D eigenvalue weighted by atomic mass is 32.2. The van der Waals surface area contributed by atoms with Crippen molar-refractivity contribution in [2.24, 2.45) is 0 Å². The van der Waals surface area contributed by atoms with Crippen LogP contribution in [0.2, 0.25) is 0 Å². The van der Waals surface area contributed by atoms with E-state index in [1.54, 1.807) is 45.2 Å². The Morgan fingerprint density at radius 2 is 1.62 bits per heavy atom. The number of carbonyl (C=O) groups is 1. The molecule has 0 aliphatic rings. The zero-order valence-electron chi connectivity index (χ0n) is 15.6. The molecule has 0 unspecified atom stereocenters. The molecule has 0 aliphatic carbocycles. The summed E-state index contributed by atoms with van der Waals surface area (Å²) >= 11 is 1.72. The zero-order valence-corrected chi connectivity index (χ0v) is 16.4. The number of hydrogen-bond acceptors (Lipinski definition) is 5. The third kappa shape index (κ3) is 5.59. The summed E-state index contributed by atoms with van der Waals surface area (Å²) < 4.78 is 15.9. The zero-order chi connectivity index (χ0) is 18.9. The van der Waals surface area contributed by atoms with Gasteiger partial charge in [0.2, 0.25) is 11.7 Å². The quantitative estimate of drug-likeness (QED) is 0.537. The van der Waals surface area contributed by atoms with E-state index < -0.39 is 0 Å². The molecule has 5 nitrogen and oxygen atoms in total. The molecule has 6 heteroatoms. The summed E-state index contributed by atoms with van der Waals surface area (Å²) in [6, 6.07) is 12.0. The van der Waals surface area contributed by atoms with E-state index in [4.69, 9.17) is 14.2 Å². The molecule has 0 bridgehead atoms. The molecule has 0 fully saturated rings. The Morgan fingerprint density at radius 1 is 1.00 bits per heavy atom. The van der Waals surface area contributed by atoms with E-state index in [0.29, 0.717) is 23.8 Å². The molecule has 2 aromatic carbocycles. The summed E-state index contributed by atoms with van der Waals surface area (Å²) in [6.45, 7) is 2.68. The van der Waals surface area contributed by atoms with Crippen molar-refractivity contribution < 1.29 is 19.0 Å². The Labute approximate surface area is 159 Å². The Kier molecular flexibility index (Phi) is 7.66. The number of ether oxygens (including phenoxy) is 3. The van der Waals surface area contributed by atoms with Crippen LogP contribution in [0.4, 0.5) is 0 Å². The molecule has 1 amide bonds. The van der Waals surface area contributed by atoms with Gasteiger partial charge < -0.3 is 19.5 Å². The number of aryl methyl sites for hydroxylation is 1. The monoisotopic (exact) mass is 375 g/mol. The summed E-state index contributed by atoms with van der Waals surface area (Å²) in [5.74, 6) is 2.40. The molecule has 2 rings (SSSR count). The summed E-state index contributed by atoms with van der Waals surface area (Å²) in [5, 5.41) is 2.94. The van der Waals surface area contributed by atoms with Gasteiger partial charge in [-0.15, -0.1) is 11.8 Å². The number of rotatable bonds is 9. The highest BCUT2D eigenvalue weighted by Crippen LogP contribution is 2.38. The maximum atomic E-state index is 12.2. The molecule has 26 heavy (non-hydrogen) atoms. The van der Waals surface area contributed by atoms with Gasteiger partial charge in [-0.1, -0.05) is 17.7 Å². The lowest BCUT2D eigenvalue weighted by Gasteiger charge is -2.14. The highest BCUT2D eigenvalue weighted by Gasteiger charge is 2.14. The van der Waals surface area contributed by atoms with E-state index in [0.717, 1.165) is 11.3 Å². The predicted molar refractivity (Wildman–Crippen MR) is 105 cm³/mol. The van der Waals surface area contributed by atoms with Crippen molar-refractivity contribution in [1.82, 2.24) is 5.32 Å². The molecule has 0 aromatic heterocycles. The van der Waals surface area contributed by atoms with Crippen LogP contribution in [-0.2, 0) is 11.2 Å². The van der Waals surface area contributed by atoms with Crippen molar-refractivity contribution in [3.8, 4) is 17.2 Å². The summed E-state index contributed by atoms with van der Waals surface area (Å²) in [5.41, 5.74) is 2.05. The van der Waals surface area contributed by atoms with Gasteiger partial charge in [-0.25, -0.2) is 0 Å². The van der Waals surface area contributed by atoms with E-state index in [1.165, 1.54) is 10.5 Å². The fraction of sp³-hybridized carbons (Fsp3) is 0.350. The van der Waals surface area contributed by atoms with Crippen molar-refractivity contribution in [3.63, 3.8) is 0 Å². The van der Waals surface area contributed by atoms with Gasteiger partial charge in [-0.05, 0) is 36.8 Å². The van der Waals surface area contributed by atoms with Crippen LogP contribution < -0.4 is 19.5 Å². The molecule has 0 atom stereocenters. The van der Waals surface area contributed by atoms with Crippen LogP contribution in [0.3, 0.4) is 0 Å². The average molecular weight is 375 g/mol. The van der Waals surface area contributed by atoms with Crippen LogP contribution in [0.15, 0.2) is 41.3 Å². The average Bonchev–Trinajstić information content (AvgIpc) is 2.65. The lowest BCUT2D eigenvalue weighted by Crippen LogP contribution is -2.27. The Morgan fingerprint density at radius 3 is 2.15 bits per heavy atom. The normalized spacial score (nSPS) is 10.3. The van der Waals surface area contributed by atoms with Crippen LogP contribution in [-0.4, -0.2) is 39.5 Å². The second-order valence-corrected chi connectivity index (χ2v) is 6.89. The van der Waals surface area contributed by atoms with Gasteiger partial charge in [0, 0.05) is 17.2 Å². The fourth-order valence-electron chi connectivity index (χ4n) is 2.48. The van der Waals surface area contributed by atoms with Crippen LogP contribution in [0, 0.1) is 6.92 Å². The predicted octanol–water partition coefficient (Wildman–Crippen LogP) is 3.47. The van der Waals surface area contributed by atoms with Crippen molar-refractivity contribution in [2.75, 3.05) is 33.6 Å². The van der Waals surface area contributed by atoms with Gasteiger partial charge >= 0.3 is 0 Å². The van der Waals surface area contributed by atoms with Gasteiger partial charge in [-0.3, -0.25) is 4.79 Å². The van der Waals surface area contributed by atoms with E-state index >= 15 is 0 Å². The second-order valence-electron chi connectivity index (χ2n) is 5.72. The smallest absolute Gasteiger partial charge is 0.224 e. The standard InChI is InChI=1S/C20H25NO4S/c1-14-5-7-16(8-6-14)26-10-9-21-19(22)13-15-11-17(23-2)20(25-4)18(12-15)24-3/h5-8,11-12H,9-10,13H2,1-4H3,(H,21,22). The molecule has 0 heterocycles. The van der Waals surface area contributed by atoms with Crippen molar-refractivity contribution in [3.05, 3.63) is 47.5 Å². The number of methoxy groups -OCH3 is 3. The van der Waals surface area contributed by atoms with Crippen molar-refractivity contribution >= 4 is 17.7 Å². The number of amides is 1. The first-order valence-corrected chi connectivity index (χ1v) is 9.31. The molecule has 1 N–H and O–H groups in total. The maximum absolute atomic E-state index is 12.2. The first kappa shape index (κ1) is 20.0. The first-order chi connectivity index (χ1) is 12.6. The number of thioether (sulfide) groups is 1. The van der Waals surface area contributed by atoms with Crippen LogP contribution >= 0.6 is 11.8 Å². The van der Waals surface area contributed by atoms with E-state index in [9.17, 15) is 4.79 Å². The minimum absolute atomic E-state index is 0.0382. The molecule has 140 valence electrons. The summed E-state index contributed by atoms with van der Waals surface area (Å²) in [4.78, 5) is 13.4. The lowest BCUT2D eigenvalue weighted by molar-refractivity contribution is -0.120. The Hall–Kier alpha value is -2.34. The number of carbonyl (C=O) groups excluding carboxylic acids is 1. The van der Waals surface area contributed by atoms with E-state index in [1.807, 2.05) is 0 Å². The van der Waals surface area contributed by atoms with Gasteiger partial charge in [0.25, 0.3) is 0 Å². The van der Waals surface area contributed by atoms with Gasteiger partial charge in [0.15, 0.2) is 11.5 Å². The molecule has 0 spiro atoms. The van der Waals surface area contributed by atoms with E-state index in [-0.39, 0.29) is 12.3 Å². The topological polar surface area (TPSA) is 56.8 Å². The molecular formula is C20H25NO4S. The SMILES string of the molecule is COc1cc(CC(=O)NCCSc2ccc(C)cc2)cc(OC)c1OC. The third-order valence-electron chi connectivity index (χ3n) is 3.80. The summed E-state index contributed by atoms with van der Waals surface area (Å²) in [7, 11) is 4.67. The number of nitrogens with one attached hydrogen (secondary N) is 1.